The van der Waals surface area contributed by atoms with Gasteiger partial charge in [-0.05, 0) is 36.1 Å². The molecule has 3 amide bonds. The second-order valence-corrected chi connectivity index (χ2v) is 7.38. The number of benzene rings is 2. The molecule has 0 aromatic heterocycles. The van der Waals surface area contributed by atoms with Crippen LogP contribution in [0.5, 0.6) is 0 Å². The highest BCUT2D eigenvalue weighted by molar-refractivity contribution is 7.98. The molecule has 0 unspecified atom stereocenters. The van der Waals surface area contributed by atoms with Crippen molar-refractivity contribution in [1.29, 1.82) is 0 Å². The minimum atomic E-state index is -0.814. The van der Waals surface area contributed by atoms with Crippen molar-refractivity contribution in [3.05, 3.63) is 65.2 Å². The molecule has 3 rings (SSSR count). The Hall–Kier alpha value is -3.13. The standard InChI is InChI=1S/C21H20N2O5S/c1-22(11-14-7-9-15(29-2)10-8-14)18(24)13-28-19(25)12-23-20(26)16-5-3-4-6-17(16)21(23)27/h3-10H,11-13H2,1-2H3. The zero-order valence-corrected chi connectivity index (χ0v) is 16.9. The lowest BCUT2D eigenvalue weighted by Gasteiger charge is -2.18. The number of rotatable bonds is 7. The Morgan fingerprint density at radius 3 is 2.14 bits per heavy atom. The van der Waals surface area contributed by atoms with Crippen LogP contribution in [0.2, 0.25) is 0 Å². The third-order valence-electron chi connectivity index (χ3n) is 4.53. The van der Waals surface area contributed by atoms with Crippen molar-refractivity contribution in [3.63, 3.8) is 0 Å². The lowest BCUT2D eigenvalue weighted by atomic mass is 10.1. The molecule has 150 valence electrons. The van der Waals surface area contributed by atoms with E-state index in [0.29, 0.717) is 6.54 Å². The van der Waals surface area contributed by atoms with Gasteiger partial charge in [0.25, 0.3) is 17.7 Å². The molecular formula is C21H20N2O5S. The van der Waals surface area contributed by atoms with Gasteiger partial charge in [-0.15, -0.1) is 11.8 Å². The SMILES string of the molecule is CSc1ccc(CN(C)C(=O)COC(=O)CN2C(=O)c3ccccc3C2=O)cc1. The molecular weight excluding hydrogens is 392 g/mol. The first kappa shape index (κ1) is 20.6. The molecule has 0 aliphatic carbocycles. The normalized spacial score (nSPS) is 12.7. The topological polar surface area (TPSA) is 84.0 Å². The fourth-order valence-corrected chi connectivity index (χ4v) is 3.31. The lowest BCUT2D eigenvalue weighted by Crippen LogP contribution is -2.37. The fraction of sp³-hybridized carbons (Fsp3) is 0.238. The van der Waals surface area contributed by atoms with Crippen molar-refractivity contribution in [2.75, 3.05) is 26.5 Å². The van der Waals surface area contributed by atoms with Crippen LogP contribution in [0.15, 0.2) is 53.4 Å². The van der Waals surface area contributed by atoms with E-state index in [4.69, 9.17) is 4.74 Å². The van der Waals surface area contributed by atoms with Crippen LogP contribution in [0.1, 0.15) is 26.3 Å². The summed E-state index contributed by atoms with van der Waals surface area (Å²) in [5.41, 5.74) is 1.47. The van der Waals surface area contributed by atoms with E-state index in [1.54, 1.807) is 30.9 Å². The molecule has 29 heavy (non-hydrogen) atoms. The number of esters is 1. The average Bonchev–Trinajstić information content (AvgIpc) is 2.97. The predicted molar refractivity (Wildman–Crippen MR) is 107 cm³/mol. The summed E-state index contributed by atoms with van der Waals surface area (Å²) in [7, 11) is 1.61. The van der Waals surface area contributed by atoms with Gasteiger partial charge in [-0.1, -0.05) is 24.3 Å². The van der Waals surface area contributed by atoms with E-state index in [0.717, 1.165) is 15.4 Å². The highest BCUT2D eigenvalue weighted by atomic mass is 32.2. The Bertz CT molecular complexity index is 923. The number of likely N-dealkylation sites (N-methyl/N-ethyl adjacent to an activating group) is 1. The molecule has 0 saturated heterocycles. The molecule has 1 aliphatic rings. The highest BCUT2D eigenvalue weighted by Gasteiger charge is 2.36. The molecule has 0 radical (unpaired) electrons. The van der Waals surface area contributed by atoms with E-state index in [2.05, 4.69) is 0 Å². The van der Waals surface area contributed by atoms with Crippen LogP contribution in [0.3, 0.4) is 0 Å². The minimum Gasteiger partial charge on any atom is -0.454 e. The van der Waals surface area contributed by atoms with Crippen LogP contribution in [-0.4, -0.2) is 59.9 Å². The largest absolute Gasteiger partial charge is 0.454 e. The number of carbonyl (C=O) groups excluding carboxylic acids is 4. The molecule has 0 saturated carbocycles. The maximum atomic E-state index is 12.3. The maximum Gasteiger partial charge on any atom is 0.326 e. The molecule has 2 aromatic rings. The number of fused-ring (bicyclic) bond motifs is 1. The lowest BCUT2D eigenvalue weighted by molar-refractivity contribution is -0.151. The van der Waals surface area contributed by atoms with Crippen LogP contribution >= 0.6 is 11.8 Å². The Morgan fingerprint density at radius 2 is 1.59 bits per heavy atom. The summed E-state index contributed by atoms with van der Waals surface area (Å²) in [6.07, 6.45) is 1.99. The first-order valence-corrected chi connectivity index (χ1v) is 10.1. The van der Waals surface area contributed by atoms with E-state index in [-0.39, 0.29) is 17.0 Å². The number of imide groups is 1. The van der Waals surface area contributed by atoms with Gasteiger partial charge in [0.2, 0.25) is 0 Å². The zero-order valence-electron chi connectivity index (χ0n) is 16.1. The molecule has 0 atom stereocenters. The Kier molecular flexibility index (Phi) is 6.33. The van der Waals surface area contributed by atoms with Crippen LogP contribution in [0.25, 0.3) is 0 Å². The van der Waals surface area contributed by atoms with E-state index < -0.39 is 30.9 Å². The number of ether oxygens (including phenoxy) is 1. The van der Waals surface area contributed by atoms with Crippen molar-refractivity contribution in [2.24, 2.45) is 0 Å². The number of nitrogens with zero attached hydrogens (tertiary/aromatic N) is 2. The Labute approximate surface area is 172 Å². The van der Waals surface area contributed by atoms with Crippen molar-refractivity contribution in [2.45, 2.75) is 11.4 Å². The summed E-state index contributed by atoms with van der Waals surface area (Å²) in [4.78, 5) is 52.2. The number of hydrogen-bond donors (Lipinski definition) is 0. The summed E-state index contributed by atoms with van der Waals surface area (Å²) in [5, 5.41) is 0. The first-order valence-electron chi connectivity index (χ1n) is 8.88. The molecule has 1 heterocycles. The zero-order chi connectivity index (χ0) is 21.0. The molecule has 0 bridgehead atoms. The molecule has 0 spiro atoms. The molecule has 1 aliphatic heterocycles. The van der Waals surface area contributed by atoms with Crippen molar-refractivity contribution >= 4 is 35.5 Å². The van der Waals surface area contributed by atoms with E-state index in [1.807, 2.05) is 30.5 Å². The molecule has 0 fully saturated rings. The summed E-state index contributed by atoms with van der Waals surface area (Å²) < 4.78 is 4.98. The highest BCUT2D eigenvalue weighted by Crippen LogP contribution is 2.22. The van der Waals surface area contributed by atoms with Crippen molar-refractivity contribution in [1.82, 2.24) is 9.80 Å². The van der Waals surface area contributed by atoms with Gasteiger partial charge in [0.05, 0.1) is 11.1 Å². The summed E-state index contributed by atoms with van der Waals surface area (Å²) in [5.74, 6) is -2.28. The summed E-state index contributed by atoms with van der Waals surface area (Å²) in [6.45, 7) is -0.607. The van der Waals surface area contributed by atoms with Crippen LogP contribution in [0.4, 0.5) is 0 Å². The van der Waals surface area contributed by atoms with E-state index >= 15 is 0 Å². The average molecular weight is 412 g/mol. The fourth-order valence-electron chi connectivity index (χ4n) is 2.90. The van der Waals surface area contributed by atoms with Crippen molar-refractivity contribution < 1.29 is 23.9 Å². The number of thioether (sulfide) groups is 1. The Morgan fingerprint density at radius 1 is 1.00 bits per heavy atom. The monoisotopic (exact) mass is 412 g/mol. The van der Waals surface area contributed by atoms with Crippen LogP contribution < -0.4 is 0 Å². The maximum absolute atomic E-state index is 12.3. The van der Waals surface area contributed by atoms with Gasteiger partial charge >= 0.3 is 5.97 Å². The minimum absolute atomic E-state index is 0.258. The second kappa shape index (κ2) is 8.91. The van der Waals surface area contributed by atoms with Crippen molar-refractivity contribution in [3.8, 4) is 0 Å². The molecule has 8 heteroatoms. The quantitative estimate of drug-likeness (QED) is 0.394. The first-order chi connectivity index (χ1) is 13.9. The summed E-state index contributed by atoms with van der Waals surface area (Å²) >= 11 is 1.63. The third kappa shape index (κ3) is 4.65. The number of amides is 3. The van der Waals surface area contributed by atoms with Gasteiger partial charge < -0.3 is 9.64 Å². The van der Waals surface area contributed by atoms with Gasteiger partial charge in [-0.3, -0.25) is 24.1 Å². The smallest absolute Gasteiger partial charge is 0.326 e. The van der Waals surface area contributed by atoms with Gasteiger partial charge in [0.15, 0.2) is 6.61 Å². The molecule has 2 aromatic carbocycles. The van der Waals surface area contributed by atoms with Gasteiger partial charge in [0.1, 0.15) is 6.54 Å². The van der Waals surface area contributed by atoms with Gasteiger partial charge in [0, 0.05) is 18.5 Å². The Balaban J connectivity index is 1.49. The van der Waals surface area contributed by atoms with E-state index in [9.17, 15) is 19.2 Å². The van der Waals surface area contributed by atoms with Crippen LogP contribution in [0, 0.1) is 0 Å². The predicted octanol–water partition coefficient (Wildman–Crippen LogP) is 2.21. The van der Waals surface area contributed by atoms with E-state index in [1.165, 1.54) is 17.0 Å². The number of hydrogen-bond acceptors (Lipinski definition) is 6. The van der Waals surface area contributed by atoms with Gasteiger partial charge in [-0.25, -0.2) is 0 Å². The molecule has 7 nitrogen and oxygen atoms in total. The molecule has 0 N–H and O–H groups in total. The second-order valence-electron chi connectivity index (χ2n) is 6.50. The summed E-state index contributed by atoms with van der Waals surface area (Å²) in [6, 6.07) is 14.2. The third-order valence-corrected chi connectivity index (χ3v) is 5.27. The van der Waals surface area contributed by atoms with Crippen LogP contribution in [-0.2, 0) is 20.9 Å². The number of carbonyl (C=O) groups is 4. The van der Waals surface area contributed by atoms with Gasteiger partial charge in [-0.2, -0.15) is 0 Å².